The van der Waals surface area contributed by atoms with Crippen LogP contribution in [0.3, 0.4) is 0 Å². The zero-order chi connectivity index (χ0) is 28.0. The van der Waals surface area contributed by atoms with Gasteiger partial charge in [0, 0.05) is 36.2 Å². The Hall–Kier alpha value is -3.41. The van der Waals surface area contributed by atoms with Gasteiger partial charge in [0.1, 0.15) is 41.8 Å². The van der Waals surface area contributed by atoms with Crippen molar-refractivity contribution in [2.45, 2.75) is 38.6 Å². The van der Waals surface area contributed by atoms with Crippen LogP contribution < -0.4 is 19.5 Å². The number of fused-ring (bicyclic) bond motifs is 3. The number of nitrogens with one attached hydrogen (secondary N) is 1. The Morgan fingerprint density at radius 3 is 2.66 bits per heavy atom. The molecule has 1 aromatic heterocycles. The Morgan fingerprint density at radius 1 is 1.10 bits per heavy atom. The molecule has 12 heteroatoms. The van der Waals surface area contributed by atoms with E-state index in [4.69, 9.17) is 18.9 Å². The topological polar surface area (TPSA) is 83.8 Å². The zero-order valence-electron chi connectivity index (χ0n) is 21.7. The molecule has 4 aromatic rings. The Balaban J connectivity index is 0.00000337. The number of imidazole rings is 1. The fourth-order valence-corrected chi connectivity index (χ4v) is 5.20. The van der Waals surface area contributed by atoms with Crippen molar-refractivity contribution in [1.82, 2.24) is 9.55 Å². The van der Waals surface area contributed by atoms with Crippen molar-refractivity contribution in [3.8, 4) is 22.9 Å². The van der Waals surface area contributed by atoms with Gasteiger partial charge in [-0.3, -0.25) is 9.36 Å². The predicted octanol–water partition coefficient (Wildman–Crippen LogP) is 5.42. The summed E-state index contributed by atoms with van der Waals surface area (Å²) in [5.74, 6) is 1.71. The van der Waals surface area contributed by atoms with Crippen LogP contribution in [0.4, 0.5) is 18.9 Å². The van der Waals surface area contributed by atoms with E-state index >= 15 is 0 Å². The van der Waals surface area contributed by atoms with Gasteiger partial charge in [0.15, 0.2) is 12.7 Å². The van der Waals surface area contributed by atoms with E-state index in [0.29, 0.717) is 41.4 Å². The maximum absolute atomic E-state index is 12.8. The number of carbonyl (C=O) groups is 1. The number of alkyl halides is 3. The molecular weight excluding hydrogens is 550 g/mol. The summed E-state index contributed by atoms with van der Waals surface area (Å²) < 4.78 is 62.7. The molecule has 0 bridgehead atoms. The van der Waals surface area contributed by atoms with Crippen molar-refractivity contribution in [2.24, 2.45) is 0 Å². The molecule has 8 nitrogen and oxygen atoms in total. The number of rotatable bonds is 7. The molecule has 0 spiro atoms. The summed E-state index contributed by atoms with van der Waals surface area (Å²) in [5.41, 5.74) is 4.31. The summed E-state index contributed by atoms with van der Waals surface area (Å²) in [6, 6.07) is 16.3. The van der Waals surface area contributed by atoms with E-state index in [1.807, 2.05) is 47.9 Å². The second-order valence-electron chi connectivity index (χ2n) is 9.61. The van der Waals surface area contributed by atoms with Crippen LogP contribution in [0.15, 0.2) is 54.6 Å². The van der Waals surface area contributed by atoms with E-state index in [1.165, 1.54) is 13.0 Å². The number of anilines is 1. The fraction of sp³-hybridized carbons (Fsp3) is 0.310. The van der Waals surface area contributed by atoms with E-state index in [0.717, 1.165) is 22.5 Å². The van der Waals surface area contributed by atoms with Crippen LogP contribution in [0.2, 0.25) is 0 Å². The van der Waals surface area contributed by atoms with Crippen LogP contribution in [-0.2, 0) is 16.0 Å². The molecule has 3 aromatic carbocycles. The first-order chi connectivity index (χ1) is 19.2. The second-order valence-corrected chi connectivity index (χ2v) is 9.61. The first kappa shape index (κ1) is 29.1. The molecule has 1 N–H and O–H groups in total. The van der Waals surface area contributed by atoms with Crippen LogP contribution in [-0.4, -0.2) is 71.1 Å². The standard InChI is InChI=1S/C29H26F3N3O5.Na.H/c1-3-26-34-27-21(7-5-9-23(27)39-15-29(30,31)32)35(26)22-8-4-6-18-20(13-38-28(18)22)33-17-10-11-19-24(12-17)37-14-25(19)40-16(2)36;;/h4-12,20,25,33H,3,13-15H2,1-2H3;;/t20-,25-;;/m1../s1. The van der Waals surface area contributed by atoms with Crippen molar-refractivity contribution in [1.29, 1.82) is 0 Å². The van der Waals surface area contributed by atoms with Gasteiger partial charge >= 0.3 is 41.7 Å². The van der Waals surface area contributed by atoms with Crippen LogP contribution in [0, 0.1) is 0 Å². The number of aromatic nitrogens is 2. The Bertz CT molecular complexity index is 1610. The minimum atomic E-state index is -4.45. The van der Waals surface area contributed by atoms with E-state index < -0.39 is 18.9 Å². The normalized spacial score (nSPS) is 17.2. The molecular formula is C29H27F3N3NaO5. The van der Waals surface area contributed by atoms with Crippen molar-refractivity contribution >= 4 is 52.2 Å². The van der Waals surface area contributed by atoms with Crippen molar-refractivity contribution in [3.05, 3.63) is 71.5 Å². The first-order valence-corrected chi connectivity index (χ1v) is 12.9. The molecule has 6 rings (SSSR count). The summed E-state index contributed by atoms with van der Waals surface area (Å²) in [5, 5.41) is 3.50. The van der Waals surface area contributed by atoms with Crippen molar-refractivity contribution in [2.75, 3.05) is 25.1 Å². The molecule has 2 atom stereocenters. The van der Waals surface area contributed by atoms with E-state index in [2.05, 4.69) is 10.3 Å². The quantitative estimate of drug-likeness (QED) is 0.232. The minimum absolute atomic E-state index is 0. The number of benzene rings is 3. The number of esters is 1. The first-order valence-electron chi connectivity index (χ1n) is 12.9. The second kappa shape index (κ2) is 11.5. The number of hydrogen-bond acceptors (Lipinski definition) is 7. The average Bonchev–Trinajstić information content (AvgIpc) is 3.62. The summed E-state index contributed by atoms with van der Waals surface area (Å²) in [6.07, 6.45) is -4.33. The number of hydrogen-bond donors (Lipinski definition) is 1. The number of halogens is 3. The summed E-state index contributed by atoms with van der Waals surface area (Å²) in [7, 11) is 0. The Labute approximate surface area is 256 Å². The van der Waals surface area contributed by atoms with E-state index in [9.17, 15) is 18.0 Å². The molecule has 0 fully saturated rings. The van der Waals surface area contributed by atoms with Crippen LogP contribution in [0.1, 0.15) is 42.9 Å². The molecule has 0 saturated carbocycles. The number of aryl methyl sites for hydroxylation is 1. The van der Waals surface area contributed by atoms with Gasteiger partial charge in [-0.1, -0.05) is 25.1 Å². The third kappa shape index (κ3) is 5.71. The molecule has 0 amide bonds. The molecule has 3 heterocycles. The Kier molecular flexibility index (Phi) is 8.13. The third-order valence-electron chi connectivity index (χ3n) is 6.86. The van der Waals surface area contributed by atoms with Gasteiger partial charge < -0.3 is 24.3 Å². The monoisotopic (exact) mass is 577 g/mol. The molecule has 0 unspecified atom stereocenters. The van der Waals surface area contributed by atoms with Crippen molar-refractivity contribution in [3.63, 3.8) is 0 Å². The van der Waals surface area contributed by atoms with Crippen LogP contribution in [0.25, 0.3) is 16.7 Å². The number of carbonyl (C=O) groups excluding carboxylic acids is 1. The molecule has 210 valence electrons. The number of nitrogens with zero attached hydrogens (tertiary/aromatic N) is 2. The Morgan fingerprint density at radius 2 is 1.90 bits per heavy atom. The molecule has 0 saturated heterocycles. The van der Waals surface area contributed by atoms with Crippen LogP contribution >= 0.6 is 0 Å². The molecule has 0 aliphatic carbocycles. The summed E-state index contributed by atoms with van der Waals surface area (Å²) in [6.45, 7) is 2.56. The molecule has 41 heavy (non-hydrogen) atoms. The van der Waals surface area contributed by atoms with Gasteiger partial charge in [0.2, 0.25) is 0 Å². The molecule has 2 aliphatic heterocycles. The third-order valence-corrected chi connectivity index (χ3v) is 6.86. The van der Waals surface area contributed by atoms with Gasteiger partial charge in [-0.25, -0.2) is 4.98 Å². The predicted molar refractivity (Wildman–Crippen MR) is 147 cm³/mol. The molecule has 2 aliphatic rings. The van der Waals surface area contributed by atoms with Crippen LogP contribution in [0.5, 0.6) is 17.2 Å². The van der Waals surface area contributed by atoms with Crippen molar-refractivity contribution < 1.29 is 36.9 Å². The maximum atomic E-state index is 12.8. The van der Waals surface area contributed by atoms with Gasteiger partial charge in [-0.2, -0.15) is 13.2 Å². The zero-order valence-corrected chi connectivity index (χ0v) is 21.7. The summed E-state index contributed by atoms with van der Waals surface area (Å²) in [4.78, 5) is 16.0. The van der Waals surface area contributed by atoms with Gasteiger partial charge in [0.05, 0.1) is 17.2 Å². The number of para-hydroxylation sites is 2. The average molecular weight is 578 g/mol. The SMILES string of the molecule is CCc1nc2c(OCC(F)(F)F)cccc2n1-c1cccc2c1OC[C@H]2Nc1ccc2c(c1)OC[C@H]2OC(C)=O.[NaH]. The fourth-order valence-electron chi connectivity index (χ4n) is 5.20. The number of ether oxygens (including phenoxy) is 4. The van der Waals surface area contributed by atoms with E-state index in [1.54, 1.807) is 12.1 Å². The van der Waals surface area contributed by atoms with Gasteiger partial charge in [0.25, 0.3) is 0 Å². The molecule has 0 radical (unpaired) electrons. The summed E-state index contributed by atoms with van der Waals surface area (Å²) >= 11 is 0. The van der Waals surface area contributed by atoms with Gasteiger partial charge in [-0.15, -0.1) is 0 Å². The van der Waals surface area contributed by atoms with E-state index in [-0.39, 0.29) is 53.9 Å². The van der Waals surface area contributed by atoms with Gasteiger partial charge in [-0.05, 0) is 30.3 Å².